The quantitative estimate of drug-likeness (QED) is 0.625. The molecule has 1 N–H and O–H groups in total. The van der Waals surface area contributed by atoms with E-state index in [0.29, 0.717) is 25.2 Å². The fraction of sp³-hybridized carbons (Fsp3) is 0.458. The standard InChI is InChI=1S/C24H34N4O3S/c1-4-28(5-2)32(30,31)23-11-9-22(10-12-23)24(29)25-18-20-7-6-8-21(17-20)19-27-15-13-26(3)14-16-27/h6-12,17H,4-5,13-16,18-19H2,1-3H3,(H,25,29). The van der Waals surface area contributed by atoms with Gasteiger partial charge in [-0.2, -0.15) is 4.31 Å². The van der Waals surface area contributed by atoms with Crippen molar-refractivity contribution in [3.05, 3.63) is 65.2 Å². The predicted molar refractivity (Wildman–Crippen MR) is 127 cm³/mol. The smallest absolute Gasteiger partial charge is 0.251 e. The average Bonchev–Trinajstić information content (AvgIpc) is 2.80. The minimum Gasteiger partial charge on any atom is -0.348 e. The summed E-state index contributed by atoms with van der Waals surface area (Å²) in [4.78, 5) is 17.6. The van der Waals surface area contributed by atoms with Gasteiger partial charge in [0, 0.05) is 57.9 Å². The molecule has 8 heteroatoms. The monoisotopic (exact) mass is 458 g/mol. The molecule has 2 aromatic rings. The van der Waals surface area contributed by atoms with Crippen LogP contribution in [0.1, 0.15) is 35.3 Å². The van der Waals surface area contributed by atoms with Gasteiger partial charge in [-0.05, 0) is 42.4 Å². The van der Waals surface area contributed by atoms with Crippen LogP contribution < -0.4 is 5.32 Å². The molecule has 0 spiro atoms. The van der Waals surface area contributed by atoms with Crippen LogP contribution in [0.3, 0.4) is 0 Å². The van der Waals surface area contributed by atoms with Crippen LogP contribution in [0.15, 0.2) is 53.4 Å². The Morgan fingerprint density at radius 3 is 2.22 bits per heavy atom. The highest BCUT2D eigenvalue weighted by Crippen LogP contribution is 2.16. The molecule has 7 nitrogen and oxygen atoms in total. The van der Waals surface area contributed by atoms with Gasteiger partial charge in [-0.25, -0.2) is 8.42 Å². The molecule has 3 rings (SSSR count). The third kappa shape index (κ3) is 6.16. The molecule has 1 aliphatic rings. The van der Waals surface area contributed by atoms with E-state index < -0.39 is 10.0 Å². The number of likely N-dealkylation sites (N-methyl/N-ethyl adjacent to an activating group) is 1. The van der Waals surface area contributed by atoms with E-state index in [0.717, 1.165) is 38.3 Å². The number of nitrogens with zero attached hydrogens (tertiary/aromatic N) is 3. The highest BCUT2D eigenvalue weighted by molar-refractivity contribution is 7.89. The van der Waals surface area contributed by atoms with E-state index in [-0.39, 0.29) is 10.8 Å². The van der Waals surface area contributed by atoms with E-state index in [9.17, 15) is 13.2 Å². The summed E-state index contributed by atoms with van der Waals surface area (Å²) in [5, 5.41) is 2.94. The summed E-state index contributed by atoms with van der Waals surface area (Å²) in [5.41, 5.74) is 2.73. The summed E-state index contributed by atoms with van der Waals surface area (Å²) >= 11 is 0. The lowest BCUT2D eigenvalue weighted by Gasteiger charge is -2.32. The molecule has 1 heterocycles. The first kappa shape index (κ1) is 24.4. The first-order valence-corrected chi connectivity index (χ1v) is 12.6. The lowest BCUT2D eigenvalue weighted by Crippen LogP contribution is -2.43. The Hall–Kier alpha value is -2.26. The fourth-order valence-electron chi connectivity index (χ4n) is 3.88. The molecule has 32 heavy (non-hydrogen) atoms. The molecule has 0 saturated carbocycles. The van der Waals surface area contributed by atoms with Gasteiger partial charge in [-0.3, -0.25) is 9.69 Å². The van der Waals surface area contributed by atoms with Gasteiger partial charge in [0.15, 0.2) is 0 Å². The van der Waals surface area contributed by atoms with Gasteiger partial charge in [0.2, 0.25) is 10.0 Å². The summed E-state index contributed by atoms with van der Waals surface area (Å²) in [6.45, 7) is 10.1. The fourth-order valence-corrected chi connectivity index (χ4v) is 5.34. The number of amides is 1. The molecule has 0 aromatic heterocycles. The van der Waals surface area contributed by atoms with Crippen molar-refractivity contribution in [1.82, 2.24) is 19.4 Å². The third-order valence-electron chi connectivity index (χ3n) is 5.91. The number of hydrogen-bond donors (Lipinski definition) is 1. The Bertz CT molecular complexity index is 996. The van der Waals surface area contributed by atoms with Crippen LogP contribution in [0.25, 0.3) is 0 Å². The number of carbonyl (C=O) groups excluding carboxylic acids is 1. The second kappa shape index (κ2) is 11.0. The van der Waals surface area contributed by atoms with Crippen molar-refractivity contribution in [3.63, 3.8) is 0 Å². The van der Waals surface area contributed by atoms with Gasteiger partial charge < -0.3 is 10.2 Å². The zero-order valence-corrected chi connectivity index (χ0v) is 20.1. The molecule has 0 atom stereocenters. The number of nitrogens with one attached hydrogen (secondary N) is 1. The van der Waals surface area contributed by atoms with E-state index in [4.69, 9.17) is 0 Å². The van der Waals surface area contributed by atoms with Gasteiger partial charge >= 0.3 is 0 Å². The maximum absolute atomic E-state index is 12.6. The van der Waals surface area contributed by atoms with E-state index in [2.05, 4.69) is 34.3 Å². The minimum absolute atomic E-state index is 0.203. The van der Waals surface area contributed by atoms with E-state index >= 15 is 0 Å². The van der Waals surface area contributed by atoms with E-state index in [1.165, 1.54) is 22.0 Å². The maximum atomic E-state index is 12.6. The number of rotatable bonds is 9. The third-order valence-corrected chi connectivity index (χ3v) is 7.97. The summed E-state index contributed by atoms with van der Waals surface area (Å²) in [6.07, 6.45) is 0. The molecule has 1 amide bonds. The molecule has 0 bridgehead atoms. The van der Waals surface area contributed by atoms with Gasteiger partial charge in [0.05, 0.1) is 4.90 Å². The lowest BCUT2D eigenvalue weighted by atomic mass is 10.1. The van der Waals surface area contributed by atoms with Crippen molar-refractivity contribution in [2.24, 2.45) is 0 Å². The molecule has 0 aliphatic carbocycles. The highest BCUT2D eigenvalue weighted by atomic mass is 32.2. The molecule has 1 fully saturated rings. The van der Waals surface area contributed by atoms with Crippen LogP contribution in [0, 0.1) is 0 Å². The van der Waals surface area contributed by atoms with Crippen LogP contribution in [-0.2, 0) is 23.1 Å². The lowest BCUT2D eigenvalue weighted by molar-refractivity contribution is 0.0950. The first-order chi connectivity index (χ1) is 15.3. The van der Waals surface area contributed by atoms with Crippen LogP contribution in [0.5, 0.6) is 0 Å². The van der Waals surface area contributed by atoms with Crippen molar-refractivity contribution in [3.8, 4) is 0 Å². The number of piperazine rings is 1. The van der Waals surface area contributed by atoms with E-state index in [1.54, 1.807) is 12.1 Å². The van der Waals surface area contributed by atoms with Gasteiger partial charge in [-0.1, -0.05) is 38.1 Å². The van der Waals surface area contributed by atoms with Crippen molar-refractivity contribution in [2.45, 2.75) is 31.8 Å². The van der Waals surface area contributed by atoms with Crippen LogP contribution in [0.4, 0.5) is 0 Å². The second-order valence-electron chi connectivity index (χ2n) is 8.20. The Morgan fingerprint density at radius 2 is 1.59 bits per heavy atom. The Balaban J connectivity index is 1.57. The average molecular weight is 459 g/mol. The Morgan fingerprint density at radius 1 is 0.969 bits per heavy atom. The number of hydrogen-bond acceptors (Lipinski definition) is 5. The minimum atomic E-state index is -3.52. The number of carbonyl (C=O) groups is 1. The van der Waals surface area contributed by atoms with Gasteiger partial charge in [-0.15, -0.1) is 0 Å². The molecular weight excluding hydrogens is 424 g/mol. The molecule has 0 radical (unpaired) electrons. The Labute approximate surface area is 192 Å². The van der Waals surface area contributed by atoms with Gasteiger partial charge in [0.25, 0.3) is 5.91 Å². The van der Waals surface area contributed by atoms with Crippen LogP contribution >= 0.6 is 0 Å². The maximum Gasteiger partial charge on any atom is 0.251 e. The second-order valence-corrected chi connectivity index (χ2v) is 10.1. The van der Waals surface area contributed by atoms with Crippen LogP contribution in [0.2, 0.25) is 0 Å². The molecule has 1 aliphatic heterocycles. The first-order valence-electron chi connectivity index (χ1n) is 11.2. The Kier molecular flexibility index (Phi) is 8.42. The summed E-state index contributed by atoms with van der Waals surface area (Å²) < 4.78 is 26.6. The largest absolute Gasteiger partial charge is 0.348 e. The van der Waals surface area contributed by atoms with E-state index in [1.807, 2.05) is 26.0 Å². The number of sulfonamides is 1. The summed E-state index contributed by atoms with van der Waals surface area (Å²) in [6, 6.07) is 14.4. The molecule has 174 valence electrons. The summed E-state index contributed by atoms with van der Waals surface area (Å²) in [5.74, 6) is -0.221. The topological polar surface area (TPSA) is 73.0 Å². The van der Waals surface area contributed by atoms with Crippen molar-refractivity contribution >= 4 is 15.9 Å². The highest BCUT2D eigenvalue weighted by Gasteiger charge is 2.21. The normalized spacial score (nSPS) is 15.8. The summed E-state index contributed by atoms with van der Waals surface area (Å²) in [7, 11) is -1.37. The SMILES string of the molecule is CCN(CC)S(=O)(=O)c1ccc(C(=O)NCc2cccc(CN3CCN(C)CC3)c2)cc1. The number of benzene rings is 2. The predicted octanol–water partition coefficient (Wildman–Crippen LogP) is 2.39. The zero-order valence-electron chi connectivity index (χ0n) is 19.3. The molecule has 1 saturated heterocycles. The van der Waals surface area contributed by atoms with Gasteiger partial charge in [0.1, 0.15) is 0 Å². The van der Waals surface area contributed by atoms with Crippen molar-refractivity contribution in [1.29, 1.82) is 0 Å². The van der Waals surface area contributed by atoms with Crippen molar-refractivity contribution < 1.29 is 13.2 Å². The van der Waals surface area contributed by atoms with Crippen LogP contribution in [-0.4, -0.2) is 74.7 Å². The van der Waals surface area contributed by atoms with Crippen molar-refractivity contribution in [2.75, 3.05) is 46.3 Å². The molecule has 2 aromatic carbocycles. The zero-order chi connectivity index (χ0) is 23.1. The molecular formula is C24H34N4O3S. The molecule has 0 unspecified atom stereocenters.